The Morgan fingerprint density at radius 1 is 1.00 bits per heavy atom. The Bertz CT molecular complexity index is 525. The standard InChI is InChI=1S/C18H26O/c1-11-14-10-16-15(9-13(14)7-8-19-11)17(3,4)12(2)18(16,5)6/h9-12H,7-8H2,1-6H3/t11-,12+/m1/s1. The van der Waals surface area contributed by atoms with Crippen LogP contribution in [0.25, 0.3) is 0 Å². The molecular weight excluding hydrogens is 232 g/mol. The monoisotopic (exact) mass is 258 g/mol. The summed E-state index contributed by atoms with van der Waals surface area (Å²) in [6.45, 7) is 15.0. The Hall–Kier alpha value is -0.820. The van der Waals surface area contributed by atoms with Crippen molar-refractivity contribution in [2.75, 3.05) is 6.61 Å². The summed E-state index contributed by atoms with van der Waals surface area (Å²) < 4.78 is 5.81. The quantitative estimate of drug-likeness (QED) is 0.664. The second-order valence-electron chi connectivity index (χ2n) is 7.52. The first-order valence-electron chi connectivity index (χ1n) is 7.55. The molecule has 1 heteroatoms. The van der Waals surface area contributed by atoms with Crippen LogP contribution < -0.4 is 0 Å². The van der Waals surface area contributed by atoms with Gasteiger partial charge in [0.2, 0.25) is 0 Å². The molecule has 0 fully saturated rings. The molecule has 2 aliphatic rings. The summed E-state index contributed by atoms with van der Waals surface area (Å²) in [4.78, 5) is 0. The maximum atomic E-state index is 5.81. The van der Waals surface area contributed by atoms with Crippen LogP contribution in [0.3, 0.4) is 0 Å². The third-order valence-corrected chi connectivity index (χ3v) is 6.01. The van der Waals surface area contributed by atoms with Crippen molar-refractivity contribution in [3.63, 3.8) is 0 Å². The van der Waals surface area contributed by atoms with Crippen molar-refractivity contribution in [2.24, 2.45) is 5.92 Å². The Morgan fingerprint density at radius 3 is 2.21 bits per heavy atom. The van der Waals surface area contributed by atoms with Crippen LogP contribution in [0.1, 0.15) is 69.9 Å². The number of hydrogen-bond donors (Lipinski definition) is 0. The molecule has 1 aromatic carbocycles. The van der Waals surface area contributed by atoms with E-state index in [1.807, 2.05) is 0 Å². The number of hydrogen-bond acceptors (Lipinski definition) is 1. The molecule has 0 saturated heterocycles. The summed E-state index contributed by atoms with van der Waals surface area (Å²) >= 11 is 0. The van der Waals surface area contributed by atoms with Crippen molar-refractivity contribution < 1.29 is 4.74 Å². The van der Waals surface area contributed by atoms with Gasteiger partial charge in [0.1, 0.15) is 0 Å². The maximum absolute atomic E-state index is 5.81. The zero-order chi connectivity index (χ0) is 14.0. The van der Waals surface area contributed by atoms with Crippen molar-refractivity contribution in [1.29, 1.82) is 0 Å². The Kier molecular flexibility index (Phi) is 2.67. The van der Waals surface area contributed by atoms with Gasteiger partial charge in [-0.25, -0.2) is 0 Å². The summed E-state index contributed by atoms with van der Waals surface area (Å²) in [6, 6.07) is 4.93. The van der Waals surface area contributed by atoms with Gasteiger partial charge in [-0.3, -0.25) is 0 Å². The summed E-state index contributed by atoms with van der Waals surface area (Å²) in [5, 5.41) is 0. The Balaban J connectivity index is 2.25. The van der Waals surface area contributed by atoms with Gasteiger partial charge in [-0.1, -0.05) is 46.8 Å². The molecular formula is C18H26O. The highest BCUT2D eigenvalue weighted by atomic mass is 16.5. The predicted octanol–water partition coefficient (Wildman–Crippen LogP) is 4.53. The van der Waals surface area contributed by atoms with Gasteiger partial charge < -0.3 is 4.74 Å². The van der Waals surface area contributed by atoms with Gasteiger partial charge >= 0.3 is 0 Å². The summed E-state index contributed by atoms with van der Waals surface area (Å²) in [5.74, 6) is 0.662. The van der Waals surface area contributed by atoms with Gasteiger partial charge in [0.15, 0.2) is 0 Å². The molecule has 1 aliphatic carbocycles. The largest absolute Gasteiger partial charge is 0.373 e. The minimum atomic E-state index is 0.254. The van der Waals surface area contributed by atoms with Crippen molar-refractivity contribution in [1.82, 2.24) is 0 Å². The van der Waals surface area contributed by atoms with Crippen LogP contribution in [0.5, 0.6) is 0 Å². The molecule has 19 heavy (non-hydrogen) atoms. The van der Waals surface area contributed by atoms with Gasteiger partial charge in [-0.05, 0) is 52.3 Å². The fourth-order valence-electron chi connectivity index (χ4n) is 4.13. The molecule has 1 heterocycles. The van der Waals surface area contributed by atoms with E-state index in [9.17, 15) is 0 Å². The summed E-state index contributed by atoms with van der Waals surface area (Å²) in [7, 11) is 0. The van der Waals surface area contributed by atoms with Gasteiger partial charge in [0.25, 0.3) is 0 Å². The number of fused-ring (bicyclic) bond motifs is 2. The highest BCUT2D eigenvalue weighted by Crippen LogP contribution is 2.54. The van der Waals surface area contributed by atoms with Crippen LogP contribution in [0, 0.1) is 5.92 Å². The van der Waals surface area contributed by atoms with E-state index in [-0.39, 0.29) is 16.9 Å². The first kappa shape index (κ1) is 13.2. The zero-order valence-corrected chi connectivity index (χ0v) is 13.1. The molecule has 1 nitrogen and oxygen atoms in total. The van der Waals surface area contributed by atoms with Crippen LogP contribution in [0.15, 0.2) is 12.1 Å². The van der Waals surface area contributed by atoms with Gasteiger partial charge in [0, 0.05) is 0 Å². The molecule has 0 N–H and O–H groups in total. The molecule has 3 rings (SSSR count). The van der Waals surface area contributed by atoms with E-state index in [1.54, 1.807) is 11.1 Å². The van der Waals surface area contributed by atoms with E-state index in [0.717, 1.165) is 13.0 Å². The topological polar surface area (TPSA) is 9.23 Å². The molecule has 0 amide bonds. The van der Waals surface area contributed by atoms with E-state index in [1.165, 1.54) is 11.1 Å². The zero-order valence-electron chi connectivity index (χ0n) is 13.1. The molecule has 1 aliphatic heterocycles. The molecule has 0 spiro atoms. The lowest BCUT2D eigenvalue weighted by Gasteiger charge is -2.32. The highest BCUT2D eigenvalue weighted by molar-refractivity contribution is 5.51. The molecule has 0 bridgehead atoms. The van der Waals surface area contributed by atoms with E-state index in [2.05, 4.69) is 53.7 Å². The first-order valence-corrected chi connectivity index (χ1v) is 7.55. The van der Waals surface area contributed by atoms with Crippen LogP contribution in [-0.4, -0.2) is 6.61 Å². The van der Waals surface area contributed by atoms with Crippen LogP contribution in [0.4, 0.5) is 0 Å². The van der Waals surface area contributed by atoms with Gasteiger partial charge in [-0.2, -0.15) is 0 Å². The number of ether oxygens (including phenoxy) is 1. The van der Waals surface area contributed by atoms with Crippen molar-refractivity contribution in [3.05, 3.63) is 34.4 Å². The van der Waals surface area contributed by atoms with Crippen molar-refractivity contribution in [3.8, 4) is 0 Å². The van der Waals surface area contributed by atoms with E-state index >= 15 is 0 Å². The fraction of sp³-hybridized carbons (Fsp3) is 0.667. The summed E-state index contributed by atoms with van der Waals surface area (Å²) in [6.07, 6.45) is 1.32. The maximum Gasteiger partial charge on any atom is 0.0799 e. The van der Waals surface area contributed by atoms with Crippen LogP contribution in [-0.2, 0) is 22.0 Å². The smallest absolute Gasteiger partial charge is 0.0799 e. The lowest BCUT2D eigenvalue weighted by atomic mass is 9.71. The third kappa shape index (κ3) is 1.64. The SMILES string of the molecule is C[C@H]1C(C)(C)c2cc3c(cc2C1(C)C)[C@@H](C)OCC3. The average Bonchev–Trinajstić information content (AvgIpc) is 2.48. The fourth-order valence-corrected chi connectivity index (χ4v) is 4.13. The third-order valence-electron chi connectivity index (χ3n) is 6.01. The summed E-state index contributed by atoms with van der Waals surface area (Å²) in [5.41, 5.74) is 6.57. The van der Waals surface area contributed by atoms with Crippen molar-refractivity contribution >= 4 is 0 Å². The average molecular weight is 258 g/mol. The molecule has 104 valence electrons. The minimum Gasteiger partial charge on any atom is -0.373 e. The molecule has 2 atom stereocenters. The molecule has 0 saturated carbocycles. The lowest BCUT2D eigenvalue weighted by Crippen LogP contribution is -2.30. The predicted molar refractivity (Wildman–Crippen MR) is 79.7 cm³/mol. The molecule has 1 aromatic rings. The first-order chi connectivity index (χ1) is 8.76. The minimum absolute atomic E-state index is 0.254. The molecule has 0 unspecified atom stereocenters. The Morgan fingerprint density at radius 2 is 1.58 bits per heavy atom. The number of rotatable bonds is 0. The van der Waals surface area contributed by atoms with Gasteiger partial charge in [0.05, 0.1) is 12.7 Å². The number of benzene rings is 1. The van der Waals surface area contributed by atoms with Crippen molar-refractivity contribution in [2.45, 2.75) is 64.9 Å². The van der Waals surface area contributed by atoms with E-state index < -0.39 is 0 Å². The molecule has 0 radical (unpaired) electrons. The molecule has 0 aromatic heterocycles. The second kappa shape index (κ2) is 3.85. The lowest BCUT2D eigenvalue weighted by molar-refractivity contribution is 0.0554. The second-order valence-corrected chi connectivity index (χ2v) is 7.52. The normalized spacial score (nSPS) is 30.8. The van der Waals surface area contributed by atoms with E-state index in [4.69, 9.17) is 4.74 Å². The Labute approximate surface area is 117 Å². The van der Waals surface area contributed by atoms with Crippen LogP contribution >= 0.6 is 0 Å². The van der Waals surface area contributed by atoms with Gasteiger partial charge in [-0.15, -0.1) is 0 Å². The van der Waals surface area contributed by atoms with E-state index in [0.29, 0.717) is 5.92 Å². The highest BCUT2D eigenvalue weighted by Gasteiger charge is 2.48. The van der Waals surface area contributed by atoms with Crippen LogP contribution in [0.2, 0.25) is 0 Å².